The molecular formula is C21H24O3. The van der Waals surface area contributed by atoms with Crippen LogP contribution in [0.4, 0.5) is 0 Å². The van der Waals surface area contributed by atoms with Gasteiger partial charge in [0.05, 0.1) is 5.60 Å². The molecule has 0 amide bonds. The first-order chi connectivity index (χ1) is 11.6. The molecule has 1 fully saturated rings. The Morgan fingerprint density at radius 3 is 2.08 bits per heavy atom. The number of carbonyl (C=O) groups excluding carboxylic acids is 2. The molecule has 0 unspecified atom stereocenters. The Hall–Kier alpha value is -2.26. The fourth-order valence-corrected chi connectivity index (χ4v) is 3.10. The molecule has 126 valence electrons. The third-order valence-corrected chi connectivity index (χ3v) is 4.45. The van der Waals surface area contributed by atoms with E-state index in [1.807, 2.05) is 48.5 Å². The Kier molecular flexibility index (Phi) is 6.44. The molecule has 1 saturated carbocycles. The summed E-state index contributed by atoms with van der Waals surface area (Å²) in [7, 11) is 0. The van der Waals surface area contributed by atoms with E-state index in [-0.39, 0.29) is 5.78 Å². The standard InChI is InChI=1S/C13H16O2.C8H8O/c14-10-11-6-2-3-7-12(11)13(15)8-4-1-5-9-13;1-7(9)8-5-3-2-4-6-8/h2-3,6-7,10,15H,1,4-5,8-9H2;2-6H,1H3. The Balaban J connectivity index is 0.000000198. The van der Waals surface area contributed by atoms with Crippen LogP contribution < -0.4 is 0 Å². The fourth-order valence-electron chi connectivity index (χ4n) is 3.10. The van der Waals surface area contributed by atoms with Crippen LogP contribution in [0.25, 0.3) is 0 Å². The van der Waals surface area contributed by atoms with Crippen LogP contribution in [0, 0.1) is 0 Å². The Bertz CT molecular complexity index is 670. The normalized spacial score (nSPS) is 15.8. The van der Waals surface area contributed by atoms with E-state index in [0.29, 0.717) is 5.56 Å². The second-order valence-electron chi connectivity index (χ2n) is 6.22. The molecule has 3 rings (SSSR count). The predicted octanol–water partition coefficient (Wildman–Crippen LogP) is 4.54. The summed E-state index contributed by atoms with van der Waals surface area (Å²) in [5.74, 6) is 0.121. The maximum absolute atomic E-state index is 10.9. The number of benzene rings is 2. The molecule has 0 spiro atoms. The zero-order valence-electron chi connectivity index (χ0n) is 14.1. The molecule has 0 atom stereocenters. The number of ketones is 1. The minimum absolute atomic E-state index is 0.121. The van der Waals surface area contributed by atoms with Gasteiger partial charge in [0.25, 0.3) is 0 Å². The maximum atomic E-state index is 10.9. The van der Waals surface area contributed by atoms with Gasteiger partial charge in [-0.15, -0.1) is 0 Å². The van der Waals surface area contributed by atoms with Crippen LogP contribution in [0.5, 0.6) is 0 Å². The summed E-state index contributed by atoms with van der Waals surface area (Å²) in [6, 6.07) is 16.6. The second kappa shape index (κ2) is 8.55. The van der Waals surface area contributed by atoms with Gasteiger partial charge in [0.2, 0.25) is 0 Å². The predicted molar refractivity (Wildman–Crippen MR) is 95.3 cm³/mol. The van der Waals surface area contributed by atoms with Crippen molar-refractivity contribution < 1.29 is 14.7 Å². The van der Waals surface area contributed by atoms with Gasteiger partial charge in [0.1, 0.15) is 6.29 Å². The number of hydrogen-bond donors (Lipinski definition) is 1. The third kappa shape index (κ3) is 4.62. The van der Waals surface area contributed by atoms with E-state index in [2.05, 4.69) is 0 Å². The number of aliphatic hydroxyl groups is 1. The first-order valence-electron chi connectivity index (χ1n) is 8.40. The van der Waals surface area contributed by atoms with Crippen molar-refractivity contribution in [1.29, 1.82) is 0 Å². The lowest BCUT2D eigenvalue weighted by atomic mass is 9.78. The quantitative estimate of drug-likeness (QED) is 0.666. The molecule has 3 nitrogen and oxygen atoms in total. The molecule has 0 aliphatic heterocycles. The van der Waals surface area contributed by atoms with E-state index in [4.69, 9.17) is 0 Å². The zero-order chi connectivity index (χ0) is 17.4. The van der Waals surface area contributed by atoms with Crippen LogP contribution in [0.15, 0.2) is 54.6 Å². The van der Waals surface area contributed by atoms with Crippen molar-refractivity contribution in [2.24, 2.45) is 0 Å². The molecule has 3 heteroatoms. The average Bonchev–Trinajstić information content (AvgIpc) is 2.63. The molecule has 1 aliphatic rings. The van der Waals surface area contributed by atoms with Crippen LogP contribution in [-0.2, 0) is 5.60 Å². The summed E-state index contributed by atoms with van der Waals surface area (Å²) in [4.78, 5) is 21.5. The number of aldehydes is 1. The van der Waals surface area contributed by atoms with Crippen LogP contribution in [0.3, 0.4) is 0 Å². The van der Waals surface area contributed by atoms with Gasteiger partial charge in [0, 0.05) is 11.1 Å². The molecule has 0 aromatic heterocycles. The molecule has 0 heterocycles. The van der Waals surface area contributed by atoms with Gasteiger partial charge in [0.15, 0.2) is 5.78 Å². The lowest BCUT2D eigenvalue weighted by molar-refractivity contribution is -0.00114. The second-order valence-corrected chi connectivity index (χ2v) is 6.22. The van der Waals surface area contributed by atoms with E-state index >= 15 is 0 Å². The van der Waals surface area contributed by atoms with Crippen LogP contribution in [0.2, 0.25) is 0 Å². The summed E-state index contributed by atoms with van der Waals surface area (Å²) in [6.07, 6.45) is 5.66. The van der Waals surface area contributed by atoms with Crippen molar-refractivity contribution in [2.45, 2.75) is 44.6 Å². The summed E-state index contributed by atoms with van der Waals surface area (Å²) < 4.78 is 0. The highest BCUT2D eigenvalue weighted by Gasteiger charge is 2.32. The van der Waals surface area contributed by atoms with Crippen molar-refractivity contribution >= 4 is 12.1 Å². The van der Waals surface area contributed by atoms with E-state index in [9.17, 15) is 14.7 Å². The molecule has 0 radical (unpaired) electrons. The van der Waals surface area contributed by atoms with Crippen molar-refractivity contribution in [3.63, 3.8) is 0 Å². The van der Waals surface area contributed by atoms with Crippen molar-refractivity contribution in [1.82, 2.24) is 0 Å². The molecule has 2 aromatic carbocycles. The summed E-state index contributed by atoms with van der Waals surface area (Å²) in [5.41, 5.74) is 1.44. The number of Topliss-reactive ketones (excluding diaryl/α,β-unsaturated/α-hetero) is 1. The topological polar surface area (TPSA) is 54.4 Å². The van der Waals surface area contributed by atoms with E-state index in [1.54, 1.807) is 13.0 Å². The smallest absolute Gasteiger partial charge is 0.159 e. The zero-order valence-corrected chi connectivity index (χ0v) is 14.1. The van der Waals surface area contributed by atoms with Gasteiger partial charge >= 0.3 is 0 Å². The maximum Gasteiger partial charge on any atom is 0.159 e. The fraction of sp³-hybridized carbons (Fsp3) is 0.333. The Morgan fingerprint density at radius 2 is 1.54 bits per heavy atom. The summed E-state index contributed by atoms with van der Waals surface area (Å²) >= 11 is 0. The van der Waals surface area contributed by atoms with Gasteiger partial charge < -0.3 is 5.11 Å². The van der Waals surface area contributed by atoms with Gasteiger partial charge in [-0.05, 0) is 25.3 Å². The average molecular weight is 324 g/mol. The van der Waals surface area contributed by atoms with Gasteiger partial charge in [-0.1, -0.05) is 73.9 Å². The third-order valence-electron chi connectivity index (χ3n) is 4.45. The number of hydrogen-bond acceptors (Lipinski definition) is 3. The number of carbonyl (C=O) groups is 2. The minimum atomic E-state index is -0.768. The summed E-state index contributed by atoms with van der Waals surface area (Å²) in [5, 5.41) is 10.5. The van der Waals surface area contributed by atoms with Crippen LogP contribution >= 0.6 is 0 Å². The van der Waals surface area contributed by atoms with Crippen molar-refractivity contribution in [3.8, 4) is 0 Å². The van der Waals surface area contributed by atoms with Crippen LogP contribution in [0.1, 0.15) is 65.3 Å². The highest BCUT2D eigenvalue weighted by molar-refractivity contribution is 5.93. The number of rotatable bonds is 3. The molecule has 24 heavy (non-hydrogen) atoms. The molecular weight excluding hydrogens is 300 g/mol. The highest BCUT2D eigenvalue weighted by atomic mass is 16.3. The SMILES string of the molecule is CC(=O)c1ccccc1.O=Cc1ccccc1C1(O)CCCCC1. The Labute approximate surface area is 143 Å². The largest absolute Gasteiger partial charge is 0.385 e. The Morgan fingerprint density at radius 1 is 0.958 bits per heavy atom. The molecule has 2 aromatic rings. The molecule has 0 bridgehead atoms. The summed E-state index contributed by atoms with van der Waals surface area (Å²) in [6.45, 7) is 1.56. The van der Waals surface area contributed by atoms with Gasteiger partial charge in [-0.2, -0.15) is 0 Å². The molecule has 1 N–H and O–H groups in total. The van der Waals surface area contributed by atoms with Gasteiger partial charge in [-0.25, -0.2) is 0 Å². The van der Waals surface area contributed by atoms with Crippen molar-refractivity contribution in [2.75, 3.05) is 0 Å². The first-order valence-corrected chi connectivity index (χ1v) is 8.40. The van der Waals surface area contributed by atoms with Gasteiger partial charge in [-0.3, -0.25) is 9.59 Å². The molecule has 0 saturated heterocycles. The van der Waals surface area contributed by atoms with E-state index in [1.165, 1.54) is 6.42 Å². The minimum Gasteiger partial charge on any atom is -0.385 e. The lowest BCUT2D eigenvalue weighted by Crippen LogP contribution is -2.29. The monoisotopic (exact) mass is 324 g/mol. The first kappa shape index (κ1) is 18.1. The van der Waals surface area contributed by atoms with E-state index in [0.717, 1.165) is 43.1 Å². The van der Waals surface area contributed by atoms with E-state index < -0.39 is 5.60 Å². The lowest BCUT2D eigenvalue weighted by Gasteiger charge is -2.33. The van der Waals surface area contributed by atoms with Crippen LogP contribution in [-0.4, -0.2) is 17.2 Å². The highest BCUT2D eigenvalue weighted by Crippen LogP contribution is 2.37. The van der Waals surface area contributed by atoms with Crippen molar-refractivity contribution in [3.05, 3.63) is 71.3 Å². The molecule has 1 aliphatic carbocycles.